The molecule has 1 saturated carbocycles. The van der Waals surface area contributed by atoms with E-state index in [4.69, 9.17) is 9.47 Å². The zero-order valence-corrected chi connectivity index (χ0v) is 11.6. The lowest BCUT2D eigenvalue weighted by molar-refractivity contribution is -0.150. The van der Waals surface area contributed by atoms with Gasteiger partial charge in [-0.05, 0) is 63.8 Å². The van der Waals surface area contributed by atoms with E-state index in [0.29, 0.717) is 12.0 Å². The van der Waals surface area contributed by atoms with Crippen molar-refractivity contribution in [3.05, 3.63) is 0 Å². The summed E-state index contributed by atoms with van der Waals surface area (Å²) in [6, 6.07) is 0.631. The monoisotopic (exact) mass is 253 g/mol. The SMILES string of the molecule is CNC(C1CCCOC1)C1CCOC2(CCC2)C1. The Hall–Kier alpha value is -0.120. The minimum absolute atomic E-state index is 0.271. The fraction of sp³-hybridized carbons (Fsp3) is 1.00. The van der Waals surface area contributed by atoms with Gasteiger partial charge in [0, 0.05) is 19.3 Å². The largest absolute Gasteiger partial charge is 0.381 e. The molecule has 0 aromatic carbocycles. The van der Waals surface area contributed by atoms with E-state index in [9.17, 15) is 0 Å². The van der Waals surface area contributed by atoms with Crippen molar-refractivity contribution >= 4 is 0 Å². The van der Waals surface area contributed by atoms with E-state index in [1.54, 1.807) is 0 Å². The number of hydrogen-bond acceptors (Lipinski definition) is 3. The van der Waals surface area contributed by atoms with Crippen molar-refractivity contribution in [1.82, 2.24) is 5.32 Å². The molecule has 3 unspecified atom stereocenters. The predicted molar refractivity (Wildman–Crippen MR) is 71.6 cm³/mol. The summed E-state index contributed by atoms with van der Waals surface area (Å²) < 4.78 is 11.7. The minimum atomic E-state index is 0.271. The highest BCUT2D eigenvalue weighted by Gasteiger charge is 2.45. The maximum absolute atomic E-state index is 6.05. The fourth-order valence-corrected chi connectivity index (χ4v) is 4.20. The number of rotatable bonds is 3. The van der Waals surface area contributed by atoms with Gasteiger partial charge in [0.1, 0.15) is 0 Å². The van der Waals surface area contributed by atoms with Gasteiger partial charge in [-0.15, -0.1) is 0 Å². The molecule has 3 atom stereocenters. The van der Waals surface area contributed by atoms with E-state index in [2.05, 4.69) is 12.4 Å². The molecule has 0 aromatic rings. The van der Waals surface area contributed by atoms with Gasteiger partial charge in [0.15, 0.2) is 0 Å². The summed E-state index contributed by atoms with van der Waals surface area (Å²) in [6.45, 7) is 2.89. The third-order valence-electron chi connectivity index (χ3n) is 5.34. The second kappa shape index (κ2) is 5.48. The lowest BCUT2D eigenvalue weighted by atomic mass is 9.68. The van der Waals surface area contributed by atoms with E-state index >= 15 is 0 Å². The molecule has 3 fully saturated rings. The van der Waals surface area contributed by atoms with Gasteiger partial charge in [0.05, 0.1) is 12.2 Å². The Bertz CT molecular complexity index is 272. The first-order chi connectivity index (χ1) is 8.83. The zero-order chi connectivity index (χ0) is 12.4. The van der Waals surface area contributed by atoms with Crippen LogP contribution in [0.1, 0.15) is 44.9 Å². The van der Waals surface area contributed by atoms with Crippen molar-refractivity contribution in [3.8, 4) is 0 Å². The van der Waals surface area contributed by atoms with Crippen molar-refractivity contribution in [3.63, 3.8) is 0 Å². The molecule has 2 saturated heterocycles. The smallest absolute Gasteiger partial charge is 0.0685 e. The van der Waals surface area contributed by atoms with E-state index in [1.807, 2.05) is 0 Å². The Morgan fingerprint density at radius 1 is 1.11 bits per heavy atom. The Morgan fingerprint density at radius 3 is 2.61 bits per heavy atom. The highest BCUT2D eigenvalue weighted by Crippen LogP contribution is 2.46. The molecule has 2 heterocycles. The Balaban J connectivity index is 1.63. The number of nitrogens with one attached hydrogen (secondary N) is 1. The van der Waals surface area contributed by atoms with Crippen LogP contribution < -0.4 is 5.32 Å². The first-order valence-corrected chi connectivity index (χ1v) is 7.72. The van der Waals surface area contributed by atoms with Gasteiger partial charge in [-0.3, -0.25) is 0 Å². The molecule has 18 heavy (non-hydrogen) atoms. The molecule has 2 aliphatic heterocycles. The molecule has 1 aliphatic carbocycles. The van der Waals surface area contributed by atoms with Crippen LogP contribution in [0.15, 0.2) is 0 Å². The topological polar surface area (TPSA) is 30.5 Å². The average molecular weight is 253 g/mol. The molecule has 1 spiro atoms. The average Bonchev–Trinajstić information content (AvgIpc) is 2.39. The van der Waals surface area contributed by atoms with Crippen LogP contribution in [-0.2, 0) is 9.47 Å². The summed E-state index contributed by atoms with van der Waals surface area (Å²) in [5.74, 6) is 1.50. The second-order valence-electron chi connectivity index (χ2n) is 6.43. The summed E-state index contributed by atoms with van der Waals surface area (Å²) in [5.41, 5.74) is 0.271. The van der Waals surface area contributed by atoms with Crippen molar-refractivity contribution in [2.24, 2.45) is 11.8 Å². The van der Waals surface area contributed by atoms with Gasteiger partial charge < -0.3 is 14.8 Å². The Kier molecular flexibility index (Phi) is 3.92. The molecular weight excluding hydrogens is 226 g/mol. The minimum Gasteiger partial charge on any atom is -0.381 e. The third-order valence-corrected chi connectivity index (χ3v) is 5.34. The van der Waals surface area contributed by atoms with Gasteiger partial charge in [-0.25, -0.2) is 0 Å². The van der Waals surface area contributed by atoms with Crippen LogP contribution in [0.4, 0.5) is 0 Å². The third kappa shape index (κ3) is 2.45. The Labute approximate surface area is 111 Å². The van der Waals surface area contributed by atoms with Crippen LogP contribution in [0, 0.1) is 11.8 Å². The van der Waals surface area contributed by atoms with E-state index in [1.165, 1.54) is 44.9 Å². The fourth-order valence-electron chi connectivity index (χ4n) is 4.20. The first kappa shape index (κ1) is 12.9. The number of hydrogen-bond donors (Lipinski definition) is 1. The molecule has 0 radical (unpaired) electrons. The van der Waals surface area contributed by atoms with Gasteiger partial charge >= 0.3 is 0 Å². The molecular formula is C15H27NO2. The van der Waals surface area contributed by atoms with Crippen LogP contribution in [-0.4, -0.2) is 38.5 Å². The maximum Gasteiger partial charge on any atom is 0.0685 e. The quantitative estimate of drug-likeness (QED) is 0.837. The molecule has 3 nitrogen and oxygen atoms in total. The van der Waals surface area contributed by atoms with Crippen LogP contribution in [0.3, 0.4) is 0 Å². The number of ether oxygens (including phenoxy) is 2. The van der Waals surface area contributed by atoms with Gasteiger partial charge in [0.2, 0.25) is 0 Å². The zero-order valence-electron chi connectivity index (χ0n) is 11.6. The highest BCUT2D eigenvalue weighted by atomic mass is 16.5. The van der Waals surface area contributed by atoms with E-state index < -0.39 is 0 Å². The lowest BCUT2D eigenvalue weighted by Gasteiger charge is -2.50. The van der Waals surface area contributed by atoms with Crippen molar-refractivity contribution in [2.45, 2.75) is 56.6 Å². The summed E-state index contributed by atoms with van der Waals surface area (Å²) in [7, 11) is 2.13. The van der Waals surface area contributed by atoms with Crippen LogP contribution in [0.25, 0.3) is 0 Å². The van der Waals surface area contributed by atoms with Crippen molar-refractivity contribution < 1.29 is 9.47 Å². The van der Waals surface area contributed by atoms with Crippen molar-refractivity contribution in [2.75, 3.05) is 26.9 Å². The molecule has 3 heteroatoms. The van der Waals surface area contributed by atoms with Crippen LogP contribution in [0.2, 0.25) is 0 Å². The predicted octanol–water partition coefficient (Wildman–Crippen LogP) is 2.35. The summed E-state index contributed by atoms with van der Waals surface area (Å²) in [4.78, 5) is 0. The lowest BCUT2D eigenvalue weighted by Crippen LogP contribution is -2.52. The summed E-state index contributed by atoms with van der Waals surface area (Å²) in [5, 5.41) is 3.59. The van der Waals surface area contributed by atoms with E-state index in [-0.39, 0.29) is 5.60 Å². The Morgan fingerprint density at radius 2 is 2.00 bits per heavy atom. The van der Waals surface area contributed by atoms with Crippen LogP contribution >= 0.6 is 0 Å². The molecule has 0 amide bonds. The normalized spacial score (nSPS) is 37.2. The molecule has 104 valence electrons. The van der Waals surface area contributed by atoms with Gasteiger partial charge in [0.25, 0.3) is 0 Å². The molecule has 0 aromatic heterocycles. The maximum atomic E-state index is 6.05. The molecule has 3 aliphatic rings. The van der Waals surface area contributed by atoms with Gasteiger partial charge in [-0.1, -0.05) is 0 Å². The molecule has 1 N–H and O–H groups in total. The van der Waals surface area contributed by atoms with Crippen LogP contribution in [0.5, 0.6) is 0 Å². The summed E-state index contributed by atoms with van der Waals surface area (Å²) >= 11 is 0. The van der Waals surface area contributed by atoms with E-state index in [0.717, 1.165) is 25.7 Å². The second-order valence-corrected chi connectivity index (χ2v) is 6.43. The molecule has 0 bridgehead atoms. The first-order valence-electron chi connectivity index (χ1n) is 7.72. The molecule has 3 rings (SSSR count). The van der Waals surface area contributed by atoms with Crippen molar-refractivity contribution in [1.29, 1.82) is 0 Å². The highest BCUT2D eigenvalue weighted by molar-refractivity contribution is 4.97. The summed E-state index contributed by atoms with van der Waals surface area (Å²) in [6.07, 6.45) is 9.01. The standard InChI is InChI=1S/C15H27NO2/c1-16-14(13-4-2-8-17-11-13)12-5-9-18-15(10-12)6-3-7-15/h12-14,16H,2-11H2,1H3. The van der Waals surface area contributed by atoms with Gasteiger partial charge in [-0.2, -0.15) is 0 Å².